The number of nitrogens with zero attached hydrogens (tertiary/aromatic N) is 2. The van der Waals surface area contributed by atoms with Crippen molar-refractivity contribution in [2.45, 2.75) is 13.8 Å². The molecule has 3 N–H and O–H groups in total. The summed E-state index contributed by atoms with van der Waals surface area (Å²) in [6.45, 7) is 5.50. The third-order valence-electron chi connectivity index (χ3n) is 2.99. The average molecular weight is 315 g/mol. The van der Waals surface area contributed by atoms with Crippen molar-refractivity contribution < 1.29 is 9.53 Å². The highest BCUT2D eigenvalue weighted by molar-refractivity contribution is 5.89. The lowest BCUT2D eigenvalue weighted by atomic mass is 10.2. The minimum absolute atomic E-state index is 0.260. The molecule has 2 amide bonds. The van der Waals surface area contributed by atoms with Gasteiger partial charge in [0.2, 0.25) is 5.95 Å². The fourth-order valence-electron chi connectivity index (χ4n) is 1.96. The largest absolute Gasteiger partial charge is 0.494 e. The molecule has 0 unspecified atom stereocenters. The fourth-order valence-corrected chi connectivity index (χ4v) is 1.96. The number of aromatic nitrogens is 2. The molecule has 0 aliphatic carbocycles. The summed E-state index contributed by atoms with van der Waals surface area (Å²) in [6.07, 6.45) is 3.31. The van der Waals surface area contributed by atoms with Crippen LogP contribution in [0.2, 0.25) is 0 Å². The lowest BCUT2D eigenvalue weighted by Crippen LogP contribution is -2.32. The highest BCUT2D eigenvalue weighted by atomic mass is 16.5. The normalized spacial score (nSPS) is 10.0. The quantitative estimate of drug-likeness (QED) is 0.683. The smallest absolute Gasteiger partial charge is 0.319 e. The van der Waals surface area contributed by atoms with E-state index in [0.29, 0.717) is 25.6 Å². The molecular weight excluding hydrogens is 294 g/mol. The molecule has 2 rings (SSSR count). The lowest BCUT2D eigenvalue weighted by molar-refractivity contribution is 0.252. The van der Waals surface area contributed by atoms with Gasteiger partial charge in [-0.3, -0.25) is 0 Å². The van der Waals surface area contributed by atoms with Crippen molar-refractivity contribution in [3.05, 3.63) is 42.2 Å². The van der Waals surface area contributed by atoms with Gasteiger partial charge in [0, 0.05) is 31.2 Å². The molecule has 122 valence electrons. The maximum absolute atomic E-state index is 11.8. The first-order valence-corrected chi connectivity index (χ1v) is 7.48. The van der Waals surface area contributed by atoms with E-state index in [1.807, 2.05) is 32.0 Å². The molecule has 7 nitrogen and oxygen atoms in total. The van der Waals surface area contributed by atoms with E-state index in [1.165, 1.54) is 0 Å². The molecular formula is C16H21N5O2. The standard InChI is InChI=1S/C16H21N5O2/c1-3-23-14-6-5-13(11-12(14)2)21-16(22)20-10-9-19-15-17-7-4-8-18-15/h4-8,11H,3,9-10H2,1-2H3,(H,17,18,19)(H2,20,21,22). The van der Waals surface area contributed by atoms with Gasteiger partial charge in [0.15, 0.2) is 0 Å². The summed E-state index contributed by atoms with van der Waals surface area (Å²) in [5, 5.41) is 8.56. The molecule has 0 fully saturated rings. The first-order valence-electron chi connectivity index (χ1n) is 7.48. The molecule has 1 aromatic heterocycles. The number of carbonyl (C=O) groups excluding carboxylic acids is 1. The van der Waals surface area contributed by atoms with E-state index in [4.69, 9.17) is 4.74 Å². The van der Waals surface area contributed by atoms with Gasteiger partial charge in [0.25, 0.3) is 0 Å². The Kier molecular flexibility index (Phi) is 6.17. The predicted molar refractivity (Wildman–Crippen MR) is 89.9 cm³/mol. The minimum Gasteiger partial charge on any atom is -0.494 e. The molecule has 0 saturated heterocycles. The Hall–Kier alpha value is -2.83. The SMILES string of the molecule is CCOc1ccc(NC(=O)NCCNc2ncccn2)cc1C. The summed E-state index contributed by atoms with van der Waals surface area (Å²) in [6, 6.07) is 7.02. The highest BCUT2D eigenvalue weighted by Crippen LogP contribution is 2.21. The molecule has 1 heterocycles. The van der Waals surface area contributed by atoms with E-state index in [9.17, 15) is 4.79 Å². The van der Waals surface area contributed by atoms with Crippen LogP contribution >= 0.6 is 0 Å². The van der Waals surface area contributed by atoms with Gasteiger partial charge in [-0.25, -0.2) is 14.8 Å². The molecule has 0 bridgehead atoms. The Morgan fingerprint density at radius 2 is 2.00 bits per heavy atom. The van der Waals surface area contributed by atoms with Crippen LogP contribution in [0.15, 0.2) is 36.7 Å². The molecule has 7 heteroatoms. The number of rotatable bonds is 7. The average Bonchev–Trinajstić information content (AvgIpc) is 2.55. The summed E-state index contributed by atoms with van der Waals surface area (Å²) in [5.41, 5.74) is 1.70. The number of anilines is 2. The molecule has 23 heavy (non-hydrogen) atoms. The topological polar surface area (TPSA) is 88.2 Å². The van der Waals surface area contributed by atoms with Gasteiger partial charge in [-0.05, 0) is 43.7 Å². The van der Waals surface area contributed by atoms with Gasteiger partial charge < -0.3 is 20.7 Å². The van der Waals surface area contributed by atoms with Gasteiger partial charge in [0.1, 0.15) is 5.75 Å². The summed E-state index contributed by atoms with van der Waals surface area (Å²) in [7, 11) is 0. The number of carbonyl (C=O) groups is 1. The number of ether oxygens (including phenoxy) is 1. The Morgan fingerprint density at radius 1 is 1.22 bits per heavy atom. The molecule has 0 atom stereocenters. The first-order chi connectivity index (χ1) is 11.2. The van der Waals surface area contributed by atoms with Crippen LogP contribution in [-0.2, 0) is 0 Å². The zero-order valence-electron chi connectivity index (χ0n) is 13.3. The number of hydrogen-bond donors (Lipinski definition) is 3. The molecule has 0 saturated carbocycles. The van der Waals surface area contributed by atoms with Gasteiger partial charge in [-0.2, -0.15) is 0 Å². The lowest BCUT2D eigenvalue weighted by Gasteiger charge is -2.11. The first kappa shape index (κ1) is 16.5. The van der Waals surface area contributed by atoms with Crippen LogP contribution in [0.1, 0.15) is 12.5 Å². The third-order valence-corrected chi connectivity index (χ3v) is 2.99. The van der Waals surface area contributed by atoms with Crippen molar-refractivity contribution in [2.24, 2.45) is 0 Å². The molecule has 0 aliphatic heterocycles. The zero-order valence-corrected chi connectivity index (χ0v) is 13.3. The summed E-state index contributed by atoms with van der Waals surface area (Å²) >= 11 is 0. The Balaban J connectivity index is 1.73. The van der Waals surface area contributed by atoms with E-state index in [-0.39, 0.29) is 6.03 Å². The van der Waals surface area contributed by atoms with Gasteiger partial charge in [0.05, 0.1) is 6.61 Å². The van der Waals surface area contributed by atoms with E-state index in [0.717, 1.165) is 17.0 Å². The monoisotopic (exact) mass is 315 g/mol. The Morgan fingerprint density at radius 3 is 2.70 bits per heavy atom. The van der Waals surface area contributed by atoms with Crippen LogP contribution < -0.4 is 20.7 Å². The van der Waals surface area contributed by atoms with Gasteiger partial charge in [-0.1, -0.05) is 0 Å². The number of aryl methyl sites for hydroxylation is 1. The van der Waals surface area contributed by atoms with Crippen LogP contribution in [0.3, 0.4) is 0 Å². The van der Waals surface area contributed by atoms with Crippen LogP contribution in [-0.4, -0.2) is 35.7 Å². The van der Waals surface area contributed by atoms with Gasteiger partial charge in [-0.15, -0.1) is 0 Å². The molecule has 0 aliphatic rings. The van der Waals surface area contributed by atoms with Crippen molar-refractivity contribution in [3.63, 3.8) is 0 Å². The molecule has 1 aromatic carbocycles. The Bertz CT molecular complexity index is 634. The maximum Gasteiger partial charge on any atom is 0.319 e. The molecule has 0 radical (unpaired) electrons. The Labute approximate surface area is 135 Å². The second-order valence-electron chi connectivity index (χ2n) is 4.79. The van der Waals surface area contributed by atoms with E-state index in [2.05, 4.69) is 25.9 Å². The summed E-state index contributed by atoms with van der Waals surface area (Å²) < 4.78 is 5.47. The van der Waals surface area contributed by atoms with Crippen LogP contribution in [0, 0.1) is 6.92 Å². The number of hydrogen-bond acceptors (Lipinski definition) is 5. The minimum atomic E-state index is -0.260. The number of amides is 2. The van der Waals surface area contributed by atoms with Gasteiger partial charge >= 0.3 is 6.03 Å². The summed E-state index contributed by atoms with van der Waals surface area (Å²) in [5.74, 6) is 1.36. The van der Waals surface area contributed by atoms with E-state index >= 15 is 0 Å². The number of nitrogens with one attached hydrogen (secondary N) is 3. The highest BCUT2D eigenvalue weighted by Gasteiger charge is 2.04. The third kappa shape index (κ3) is 5.46. The molecule has 2 aromatic rings. The fraction of sp³-hybridized carbons (Fsp3) is 0.312. The van der Waals surface area contributed by atoms with Crippen molar-refractivity contribution >= 4 is 17.7 Å². The number of urea groups is 1. The van der Waals surface area contributed by atoms with Crippen LogP contribution in [0.5, 0.6) is 5.75 Å². The van der Waals surface area contributed by atoms with Crippen LogP contribution in [0.4, 0.5) is 16.4 Å². The zero-order chi connectivity index (χ0) is 16.5. The van der Waals surface area contributed by atoms with Crippen molar-refractivity contribution in [1.29, 1.82) is 0 Å². The maximum atomic E-state index is 11.8. The molecule has 0 spiro atoms. The van der Waals surface area contributed by atoms with Crippen molar-refractivity contribution in [2.75, 3.05) is 30.3 Å². The predicted octanol–water partition coefficient (Wildman–Crippen LogP) is 2.42. The summed E-state index contributed by atoms with van der Waals surface area (Å²) in [4.78, 5) is 19.9. The van der Waals surface area contributed by atoms with Crippen molar-refractivity contribution in [3.8, 4) is 5.75 Å². The second-order valence-corrected chi connectivity index (χ2v) is 4.79. The van der Waals surface area contributed by atoms with Crippen LogP contribution in [0.25, 0.3) is 0 Å². The second kappa shape index (κ2) is 8.57. The van der Waals surface area contributed by atoms with E-state index < -0.39 is 0 Å². The van der Waals surface area contributed by atoms with E-state index in [1.54, 1.807) is 18.5 Å². The number of benzene rings is 1. The van der Waals surface area contributed by atoms with Crippen molar-refractivity contribution in [1.82, 2.24) is 15.3 Å².